The van der Waals surface area contributed by atoms with Crippen LogP contribution in [0, 0.1) is 6.92 Å². The van der Waals surface area contributed by atoms with E-state index in [9.17, 15) is 9.59 Å². The molecule has 134 valence electrons. The van der Waals surface area contributed by atoms with E-state index in [2.05, 4.69) is 17.2 Å². The molecule has 0 radical (unpaired) electrons. The van der Waals surface area contributed by atoms with Gasteiger partial charge >= 0.3 is 0 Å². The van der Waals surface area contributed by atoms with Gasteiger partial charge < -0.3 is 10.2 Å². The van der Waals surface area contributed by atoms with Crippen molar-refractivity contribution in [2.24, 2.45) is 0 Å². The molecule has 0 unspecified atom stereocenters. The molecule has 0 aliphatic carbocycles. The quantitative estimate of drug-likeness (QED) is 0.925. The minimum Gasteiger partial charge on any atom is -0.333 e. The lowest BCUT2D eigenvalue weighted by Crippen LogP contribution is -2.48. The number of nitrogens with one attached hydrogen (secondary N) is 1. The van der Waals surface area contributed by atoms with Gasteiger partial charge in [-0.2, -0.15) is 0 Å². The summed E-state index contributed by atoms with van der Waals surface area (Å²) in [4.78, 5) is 32.5. The summed E-state index contributed by atoms with van der Waals surface area (Å²) >= 11 is 0. The van der Waals surface area contributed by atoms with Crippen LogP contribution in [0.25, 0.3) is 0 Å². The monoisotopic (exact) mass is 349 g/mol. The Morgan fingerprint density at radius 3 is 2.85 bits per heavy atom. The zero-order valence-corrected chi connectivity index (χ0v) is 15.2. The maximum absolute atomic E-state index is 13.2. The van der Waals surface area contributed by atoms with Crippen molar-refractivity contribution in [3.63, 3.8) is 0 Å². The molecule has 1 aromatic heterocycles. The number of anilines is 1. The minimum absolute atomic E-state index is 0.0182. The molecule has 1 saturated heterocycles. The van der Waals surface area contributed by atoms with Crippen molar-refractivity contribution >= 4 is 17.5 Å². The number of nitrogens with zero attached hydrogens (tertiary/aromatic N) is 2. The van der Waals surface area contributed by atoms with Crippen LogP contribution in [-0.2, 0) is 10.2 Å². The molecule has 0 bridgehead atoms. The maximum atomic E-state index is 13.2. The first-order valence-electron chi connectivity index (χ1n) is 9.23. The van der Waals surface area contributed by atoms with Crippen molar-refractivity contribution in [2.75, 3.05) is 11.9 Å². The Kier molecular flexibility index (Phi) is 4.02. The highest BCUT2D eigenvalue weighted by Gasteiger charge is 2.58. The first-order valence-corrected chi connectivity index (χ1v) is 9.23. The van der Waals surface area contributed by atoms with Crippen molar-refractivity contribution in [3.05, 3.63) is 59.4 Å². The third-order valence-corrected chi connectivity index (χ3v) is 5.68. The second-order valence-corrected chi connectivity index (χ2v) is 7.19. The van der Waals surface area contributed by atoms with Gasteiger partial charge in [0.1, 0.15) is 5.69 Å². The van der Waals surface area contributed by atoms with Crippen LogP contribution < -0.4 is 5.32 Å². The molecule has 1 spiro atoms. The zero-order chi connectivity index (χ0) is 18.3. The summed E-state index contributed by atoms with van der Waals surface area (Å²) in [5.41, 5.74) is 2.53. The predicted molar refractivity (Wildman–Crippen MR) is 100 cm³/mol. The fourth-order valence-corrected chi connectivity index (χ4v) is 4.53. The van der Waals surface area contributed by atoms with Crippen LogP contribution in [0.5, 0.6) is 0 Å². The van der Waals surface area contributed by atoms with E-state index in [-0.39, 0.29) is 17.9 Å². The van der Waals surface area contributed by atoms with Gasteiger partial charge in [-0.1, -0.05) is 37.6 Å². The van der Waals surface area contributed by atoms with Crippen LogP contribution in [0.4, 0.5) is 5.69 Å². The first kappa shape index (κ1) is 16.8. The highest BCUT2D eigenvalue weighted by Crippen LogP contribution is 2.49. The molecule has 5 heteroatoms. The number of aryl methyl sites for hydroxylation is 1. The molecule has 3 heterocycles. The second-order valence-electron chi connectivity index (χ2n) is 7.19. The first-order chi connectivity index (χ1) is 12.6. The number of carbonyl (C=O) groups is 2. The number of amides is 2. The SMILES string of the molecule is CCC[C@@H]1N(C(=O)c2cccc(C)n2)CC[C@@]12C(=O)Nc1ccccc12. The summed E-state index contributed by atoms with van der Waals surface area (Å²) in [7, 11) is 0. The summed E-state index contributed by atoms with van der Waals surface area (Å²) in [6, 6.07) is 13.2. The van der Waals surface area contributed by atoms with Crippen LogP contribution in [-0.4, -0.2) is 34.3 Å². The summed E-state index contributed by atoms with van der Waals surface area (Å²) < 4.78 is 0. The Bertz CT molecular complexity index is 879. The smallest absolute Gasteiger partial charge is 0.272 e. The number of aromatic nitrogens is 1. The highest BCUT2D eigenvalue weighted by molar-refractivity contribution is 6.08. The summed E-state index contributed by atoms with van der Waals surface area (Å²) in [6.07, 6.45) is 2.35. The van der Waals surface area contributed by atoms with E-state index < -0.39 is 5.41 Å². The van der Waals surface area contributed by atoms with E-state index >= 15 is 0 Å². The molecule has 26 heavy (non-hydrogen) atoms. The van der Waals surface area contributed by atoms with Gasteiger partial charge in [0.15, 0.2) is 0 Å². The van der Waals surface area contributed by atoms with E-state index in [0.717, 1.165) is 29.8 Å². The molecule has 1 fully saturated rings. The number of fused-ring (bicyclic) bond motifs is 2. The van der Waals surface area contributed by atoms with Crippen molar-refractivity contribution in [2.45, 2.75) is 44.6 Å². The van der Waals surface area contributed by atoms with E-state index in [1.165, 1.54) is 0 Å². The Morgan fingerprint density at radius 2 is 2.08 bits per heavy atom. The van der Waals surface area contributed by atoms with Gasteiger partial charge in [-0.25, -0.2) is 4.98 Å². The number of pyridine rings is 1. The molecule has 4 rings (SSSR count). The van der Waals surface area contributed by atoms with Crippen LogP contribution in [0.2, 0.25) is 0 Å². The lowest BCUT2D eigenvalue weighted by Gasteiger charge is -2.33. The minimum atomic E-state index is -0.647. The molecule has 0 saturated carbocycles. The molecule has 2 atom stereocenters. The third-order valence-electron chi connectivity index (χ3n) is 5.68. The standard InChI is InChI=1S/C21H23N3O2/c1-3-7-18-21(15-9-4-5-10-16(15)23-20(21)26)12-13-24(18)19(25)17-11-6-8-14(2)22-17/h4-6,8-11,18H,3,7,12-13H2,1-2H3,(H,23,26)/t18-,21-/m0/s1. The molecule has 2 aliphatic rings. The number of carbonyl (C=O) groups excluding carboxylic acids is 2. The van der Waals surface area contributed by atoms with Crippen molar-refractivity contribution in [1.82, 2.24) is 9.88 Å². The second kappa shape index (κ2) is 6.24. The van der Waals surface area contributed by atoms with Crippen LogP contribution >= 0.6 is 0 Å². The Hall–Kier alpha value is -2.69. The van der Waals surface area contributed by atoms with Gasteiger partial charge in [0.25, 0.3) is 5.91 Å². The van der Waals surface area contributed by atoms with Crippen LogP contribution in [0.1, 0.15) is 47.9 Å². The topological polar surface area (TPSA) is 62.3 Å². The average molecular weight is 349 g/mol. The number of benzene rings is 1. The Balaban J connectivity index is 1.76. The molecule has 2 aromatic rings. The van der Waals surface area contributed by atoms with Crippen LogP contribution in [0.3, 0.4) is 0 Å². The molecule has 1 aromatic carbocycles. The molecular formula is C21H23N3O2. The number of hydrogen-bond acceptors (Lipinski definition) is 3. The maximum Gasteiger partial charge on any atom is 0.272 e. The summed E-state index contributed by atoms with van der Waals surface area (Å²) in [5.74, 6) is -0.0640. The Labute approximate surface area is 153 Å². The predicted octanol–water partition coefficient (Wildman–Crippen LogP) is 3.29. The highest BCUT2D eigenvalue weighted by atomic mass is 16.2. The van der Waals surface area contributed by atoms with Gasteiger partial charge in [0, 0.05) is 17.9 Å². The van der Waals surface area contributed by atoms with Crippen molar-refractivity contribution in [1.29, 1.82) is 0 Å². The average Bonchev–Trinajstić information content (AvgIpc) is 3.15. The lowest BCUT2D eigenvalue weighted by atomic mass is 9.73. The number of para-hydroxylation sites is 1. The van der Waals surface area contributed by atoms with Gasteiger partial charge in [-0.15, -0.1) is 0 Å². The van der Waals surface area contributed by atoms with Gasteiger partial charge in [0.05, 0.1) is 11.5 Å². The fraction of sp³-hybridized carbons (Fsp3) is 0.381. The fourth-order valence-electron chi connectivity index (χ4n) is 4.53. The zero-order valence-electron chi connectivity index (χ0n) is 15.2. The summed E-state index contributed by atoms with van der Waals surface area (Å²) in [6.45, 7) is 4.55. The van der Waals surface area contributed by atoms with Crippen molar-refractivity contribution < 1.29 is 9.59 Å². The molecule has 2 aliphatic heterocycles. The normalized spacial score (nSPS) is 24.0. The van der Waals surface area contributed by atoms with Gasteiger partial charge in [0.2, 0.25) is 5.91 Å². The number of hydrogen-bond donors (Lipinski definition) is 1. The number of rotatable bonds is 3. The largest absolute Gasteiger partial charge is 0.333 e. The van der Waals surface area contributed by atoms with Crippen LogP contribution in [0.15, 0.2) is 42.5 Å². The van der Waals surface area contributed by atoms with E-state index in [1.807, 2.05) is 48.2 Å². The molecule has 1 N–H and O–H groups in total. The number of likely N-dealkylation sites (tertiary alicyclic amines) is 1. The molecule has 2 amide bonds. The molecule has 5 nitrogen and oxygen atoms in total. The van der Waals surface area contributed by atoms with Crippen molar-refractivity contribution in [3.8, 4) is 0 Å². The van der Waals surface area contributed by atoms with Gasteiger partial charge in [-0.05, 0) is 43.5 Å². The Morgan fingerprint density at radius 1 is 1.27 bits per heavy atom. The van der Waals surface area contributed by atoms with E-state index in [4.69, 9.17) is 0 Å². The van der Waals surface area contributed by atoms with Gasteiger partial charge in [-0.3, -0.25) is 9.59 Å². The third kappa shape index (κ3) is 2.34. The van der Waals surface area contributed by atoms with E-state index in [0.29, 0.717) is 18.7 Å². The van der Waals surface area contributed by atoms with E-state index in [1.54, 1.807) is 6.07 Å². The lowest BCUT2D eigenvalue weighted by molar-refractivity contribution is -0.121. The molecular weight excluding hydrogens is 326 g/mol. The summed E-state index contributed by atoms with van der Waals surface area (Å²) in [5, 5.41) is 3.03.